The average molecular weight is 824 g/mol. The van der Waals surface area contributed by atoms with Gasteiger partial charge in [-0.1, -0.05) is 56.2 Å². The van der Waals surface area contributed by atoms with E-state index in [1.165, 1.54) is 12.1 Å². The first kappa shape index (κ1) is 42.5. The van der Waals surface area contributed by atoms with Crippen LogP contribution in [0.4, 0.5) is 18.0 Å². The molecular weight excluding hydrogens is 767 g/mol. The normalized spacial score (nSPS) is 29.5. The predicted molar refractivity (Wildman–Crippen MR) is 218 cm³/mol. The van der Waals surface area contributed by atoms with Crippen molar-refractivity contribution >= 4 is 23.5 Å². The lowest BCUT2D eigenvalue weighted by atomic mass is 9.45. The number of aliphatic hydroxyl groups excluding tert-OH is 1. The van der Waals surface area contributed by atoms with E-state index in [-0.39, 0.29) is 46.6 Å². The molecule has 1 amide bonds. The summed E-state index contributed by atoms with van der Waals surface area (Å²) in [6.07, 6.45) is 3.54. The van der Waals surface area contributed by atoms with Gasteiger partial charge < -0.3 is 24.3 Å². The number of benzene rings is 2. The van der Waals surface area contributed by atoms with Crippen LogP contribution in [-0.4, -0.2) is 58.4 Å². The highest BCUT2D eigenvalue weighted by molar-refractivity contribution is 6.33. The van der Waals surface area contributed by atoms with Gasteiger partial charge in [0.2, 0.25) is 5.78 Å². The Hall–Kier alpha value is -3.60. The summed E-state index contributed by atoms with van der Waals surface area (Å²) < 4.78 is 52.6. The van der Waals surface area contributed by atoms with Gasteiger partial charge in [0.25, 0.3) is 0 Å². The number of furan rings is 1. The van der Waals surface area contributed by atoms with Crippen molar-refractivity contribution < 1.29 is 42.1 Å². The van der Waals surface area contributed by atoms with E-state index in [0.717, 1.165) is 48.6 Å². The van der Waals surface area contributed by atoms with Gasteiger partial charge in [0, 0.05) is 23.1 Å². The highest BCUT2D eigenvalue weighted by atomic mass is 35.5. The van der Waals surface area contributed by atoms with Gasteiger partial charge in [-0.25, -0.2) is 4.79 Å². The zero-order chi connectivity index (χ0) is 41.8. The number of nitrogens with zero attached hydrogens (tertiary/aromatic N) is 1. The van der Waals surface area contributed by atoms with Gasteiger partial charge in [-0.15, -0.1) is 0 Å². The SMILES string of the molecule is CCOC(=O)N(C[C@@H]1CC[C@H]2C[C@@H]1C2(C)C)C[C@]1(O)CC[C@H]2c3ccc(cc3C(=O)c3ccc(-c4cc(C(F)(F)F)ccc4Cl)o3)C[C@@H](O)CCC(C)=CCC[C@@]21C. The first-order valence-corrected chi connectivity index (χ1v) is 21.3. The number of ether oxygens (including phenoxy) is 1. The van der Waals surface area contributed by atoms with Crippen molar-refractivity contribution in [3.63, 3.8) is 0 Å². The molecule has 6 aliphatic rings. The Bertz CT molecular complexity index is 2050. The van der Waals surface area contributed by atoms with Crippen molar-refractivity contribution in [1.29, 1.82) is 0 Å². The Morgan fingerprint density at radius 2 is 1.79 bits per heavy atom. The molecule has 0 aliphatic heterocycles. The minimum Gasteiger partial charge on any atom is -0.453 e. The van der Waals surface area contributed by atoms with Crippen LogP contribution in [0.3, 0.4) is 0 Å². The maximum Gasteiger partial charge on any atom is 0.416 e. The van der Waals surface area contributed by atoms with Crippen LogP contribution in [0.15, 0.2) is 64.6 Å². The molecule has 4 bridgehead atoms. The molecule has 7 atom stereocenters. The van der Waals surface area contributed by atoms with Crippen LogP contribution in [0.1, 0.15) is 131 Å². The number of aliphatic hydroxyl groups is 2. The van der Waals surface area contributed by atoms with E-state index < -0.39 is 40.7 Å². The standard InChI is InChI=1S/C47H57ClF3NO6/c1-6-57-43(55)52(26-30-11-12-31-25-38(30)44(31,3)4)27-46(56)21-19-37-34-15-10-29(22-33(53)14-9-28(2)8-7-20-45(37,46)5)23-35(34)42(54)41-18-17-40(58-41)36-24-32(47(49,50)51)13-16-39(36)48/h8,10,13,15-18,23-24,30-31,33,37-38,53,56H,6-7,9,11-12,14,19-22,25-27H2,1-5H3/t30-,31-,33-,37-,38-,45-,46+/m0/s1. The summed E-state index contributed by atoms with van der Waals surface area (Å²) in [5.41, 5.74) is 0.176. The molecule has 9 rings (SSSR count). The summed E-state index contributed by atoms with van der Waals surface area (Å²) in [5.74, 6) is 0.697. The van der Waals surface area contributed by atoms with Gasteiger partial charge in [-0.3, -0.25) is 4.79 Å². The highest BCUT2D eigenvalue weighted by Gasteiger charge is 2.59. The van der Waals surface area contributed by atoms with Crippen molar-refractivity contribution in [1.82, 2.24) is 4.90 Å². The molecule has 7 nitrogen and oxygen atoms in total. The number of halogens is 4. The van der Waals surface area contributed by atoms with Crippen molar-refractivity contribution in [3.8, 4) is 11.3 Å². The van der Waals surface area contributed by atoms with E-state index in [9.17, 15) is 33.0 Å². The number of carbonyl (C=O) groups excluding carboxylic acids is 2. The molecule has 0 spiro atoms. The second-order valence-corrected chi connectivity index (χ2v) is 18.8. The summed E-state index contributed by atoms with van der Waals surface area (Å²) in [5, 5.41) is 24.2. The second-order valence-electron chi connectivity index (χ2n) is 18.4. The van der Waals surface area contributed by atoms with Crippen LogP contribution in [0.2, 0.25) is 5.02 Å². The van der Waals surface area contributed by atoms with Crippen molar-refractivity contribution in [2.24, 2.45) is 28.6 Å². The van der Waals surface area contributed by atoms with E-state index in [1.54, 1.807) is 17.9 Å². The van der Waals surface area contributed by atoms with Crippen LogP contribution in [-0.2, 0) is 17.3 Å². The second kappa shape index (κ2) is 16.1. The third-order valence-corrected chi connectivity index (χ3v) is 15.1. The summed E-state index contributed by atoms with van der Waals surface area (Å²) in [7, 11) is 0. The Morgan fingerprint density at radius 3 is 2.50 bits per heavy atom. The lowest BCUT2D eigenvalue weighted by Crippen LogP contribution is -2.58. The number of hydrogen-bond acceptors (Lipinski definition) is 6. The van der Waals surface area contributed by atoms with E-state index in [2.05, 4.69) is 33.8 Å². The van der Waals surface area contributed by atoms with Gasteiger partial charge in [-0.05, 0) is 155 Å². The molecule has 2 N–H and O–H groups in total. The smallest absolute Gasteiger partial charge is 0.416 e. The molecule has 4 saturated carbocycles. The zero-order valence-corrected chi connectivity index (χ0v) is 35.0. The number of amides is 1. The van der Waals surface area contributed by atoms with Crippen LogP contribution in [0.25, 0.3) is 11.3 Å². The molecule has 4 fully saturated rings. The molecule has 314 valence electrons. The number of allylic oxidation sites excluding steroid dienone is 2. The highest BCUT2D eigenvalue weighted by Crippen LogP contribution is 2.62. The number of rotatable bonds is 8. The third-order valence-electron chi connectivity index (χ3n) is 14.7. The molecule has 58 heavy (non-hydrogen) atoms. The summed E-state index contributed by atoms with van der Waals surface area (Å²) in [4.78, 5) is 30.2. The molecule has 1 aromatic heterocycles. The van der Waals surface area contributed by atoms with Crippen LogP contribution in [0.5, 0.6) is 0 Å². The number of hydrogen-bond donors (Lipinski definition) is 2. The molecule has 3 aromatic rings. The zero-order valence-electron chi connectivity index (χ0n) is 34.3. The Kier molecular flexibility index (Phi) is 11.8. The predicted octanol–water partition coefficient (Wildman–Crippen LogP) is 11.4. The van der Waals surface area contributed by atoms with Gasteiger partial charge in [0.1, 0.15) is 5.76 Å². The first-order chi connectivity index (χ1) is 27.3. The van der Waals surface area contributed by atoms with Gasteiger partial charge in [-0.2, -0.15) is 13.2 Å². The summed E-state index contributed by atoms with van der Waals surface area (Å²) in [6, 6.07) is 11.5. The van der Waals surface area contributed by atoms with Crippen LogP contribution < -0.4 is 0 Å². The summed E-state index contributed by atoms with van der Waals surface area (Å²) in [6.45, 7) is 11.4. The van der Waals surface area contributed by atoms with E-state index in [0.29, 0.717) is 80.4 Å². The fraction of sp³-hybridized carbons (Fsp3) is 0.574. The minimum atomic E-state index is -4.60. The lowest BCUT2D eigenvalue weighted by molar-refractivity contribution is -0.137. The monoisotopic (exact) mass is 823 g/mol. The number of alkyl halides is 3. The maximum atomic E-state index is 14.7. The molecule has 1 heterocycles. The number of carbonyl (C=O) groups is 2. The van der Waals surface area contributed by atoms with Gasteiger partial charge >= 0.3 is 12.3 Å². The molecule has 2 aromatic carbocycles. The van der Waals surface area contributed by atoms with Gasteiger partial charge in [0.15, 0.2) is 5.76 Å². The largest absolute Gasteiger partial charge is 0.453 e. The topological polar surface area (TPSA) is 100 Å². The molecule has 6 aliphatic carbocycles. The number of ketones is 1. The Morgan fingerprint density at radius 1 is 1.02 bits per heavy atom. The fourth-order valence-electron chi connectivity index (χ4n) is 11.0. The third kappa shape index (κ3) is 8.02. The first-order valence-electron chi connectivity index (χ1n) is 21.0. The van der Waals surface area contributed by atoms with E-state index >= 15 is 0 Å². The number of fused-ring (bicyclic) bond motifs is 10. The molecule has 0 unspecified atom stereocenters. The maximum absolute atomic E-state index is 14.7. The Balaban J connectivity index is 1.27. The van der Waals surface area contributed by atoms with Crippen molar-refractivity contribution in [3.05, 3.63) is 93.2 Å². The lowest BCUT2D eigenvalue weighted by Gasteiger charge is -2.60. The van der Waals surface area contributed by atoms with E-state index in [4.69, 9.17) is 20.8 Å². The van der Waals surface area contributed by atoms with Gasteiger partial charge in [0.05, 0.1) is 35.4 Å². The Labute approximate surface area is 345 Å². The molecular formula is C47H57ClF3NO6. The van der Waals surface area contributed by atoms with E-state index in [1.807, 2.05) is 12.1 Å². The molecule has 11 heteroatoms. The molecule has 0 radical (unpaired) electrons. The average Bonchev–Trinajstić information content (AvgIpc) is 3.75. The quantitative estimate of drug-likeness (QED) is 0.173. The van der Waals surface area contributed by atoms with Crippen molar-refractivity contribution in [2.45, 2.75) is 123 Å². The fourth-order valence-corrected chi connectivity index (χ4v) is 11.2. The van der Waals surface area contributed by atoms with Crippen LogP contribution >= 0.6 is 11.6 Å². The molecule has 0 saturated heterocycles. The van der Waals surface area contributed by atoms with Crippen molar-refractivity contribution in [2.75, 3.05) is 19.7 Å². The summed E-state index contributed by atoms with van der Waals surface area (Å²) >= 11 is 6.35. The van der Waals surface area contributed by atoms with Crippen LogP contribution in [0, 0.1) is 28.6 Å². The minimum absolute atomic E-state index is 0.0129.